The zero-order chi connectivity index (χ0) is 16.0. The van der Waals surface area contributed by atoms with E-state index in [1.54, 1.807) is 6.92 Å². The number of carbonyl (C=O) groups excluding carboxylic acids is 2. The average molecular weight is 418 g/mol. The summed E-state index contributed by atoms with van der Waals surface area (Å²) in [6, 6.07) is 0. The Morgan fingerprint density at radius 2 is 2.14 bits per heavy atom. The minimum atomic E-state index is -2.77. The molecular formula is C13H15IN4O4. The first kappa shape index (κ1) is 15.4. The number of terminal acetylenes is 1. The SMILES string of the molecule is C#CCI1C(=O)c2nnn3c2N(CC(O)C(O)C(C)C3)C1=O. The molecule has 0 saturated heterocycles. The van der Waals surface area contributed by atoms with Gasteiger partial charge in [0.05, 0.1) is 0 Å². The fourth-order valence-corrected chi connectivity index (χ4v) is 6.25. The Morgan fingerprint density at radius 1 is 1.41 bits per heavy atom. The summed E-state index contributed by atoms with van der Waals surface area (Å²) in [5.41, 5.74) is 0.163. The van der Waals surface area contributed by atoms with Crippen molar-refractivity contribution in [1.29, 1.82) is 0 Å². The molecule has 3 atom stereocenters. The van der Waals surface area contributed by atoms with Gasteiger partial charge in [-0.25, -0.2) is 0 Å². The molecular weight excluding hydrogens is 403 g/mol. The Morgan fingerprint density at radius 3 is 2.82 bits per heavy atom. The van der Waals surface area contributed by atoms with E-state index in [4.69, 9.17) is 6.42 Å². The van der Waals surface area contributed by atoms with E-state index in [0.29, 0.717) is 5.82 Å². The van der Waals surface area contributed by atoms with E-state index in [1.165, 1.54) is 9.58 Å². The summed E-state index contributed by atoms with van der Waals surface area (Å²) in [4.78, 5) is 26.4. The number of carbonyl (C=O) groups is 2. The Bertz CT molecular complexity index is 682. The second-order valence-electron chi connectivity index (χ2n) is 5.32. The molecule has 1 amide bonds. The van der Waals surface area contributed by atoms with Gasteiger partial charge in [-0.2, -0.15) is 0 Å². The predicted molar refractivity (Wildman–Crippen MR) is 86.0 cm³/mol. The van der Waals surface area contributed by atoms with E-state index in [-0.39, 0.29) is 36.8 Å². The van der Waals surface area contributed by atoms with Gasteiger partial charge in [0.1, 0.15) is 0 Å². The van der Waals surface area contributed by atoms with Gasteiger partial charge in [0, 0.05) is 0 Å². The molecule has 22 heavy (non-hydrogen) atoms. The number of hydrogen-bond acceptors (Lipinski definition) is 6. The molecule has 0 bridgehead atoms. The van der Waals surface area contributed by atoms with Crippen molar-refractivity contribution in [3.8, 4) is 12.3 Å². The molecule has 0 saturated carbocycles. The molecule has 8 nitrogen and oxygen atoms in total. The van der Waals surface area contributed by atoms with E-state index in [2.05, 4.69) is 16.2 Å². The predicted octanol–water partition coefficient (Wildman–Crippen LogP) is -0.131. The summed E-state index contributed by atoms with van der Waals surface area (Å²) in [6.45, 7) is 1.94. The molecule has 3 unspecified atom stereocenters. The van der Waals surface area contributed by atoms with Gasteiger partial charge >= 0.3 is 134 Å². The van der Waals surface area contributed by atoms with Crippen molar-refractivity contribution < 1.29 is 19.8 Å². The molecule has 2 N–H and O–H groups in total. The number of aliphatic hydroxyl groups excluding tert-OH is 2. The number of alkyl halides is 1. The number of rotatable bonds is 1. The number of aliphatic hydroxyl groups is 2. The quantitative estimate of drug-likeness (QED) is 0.216. The van der Waals surface area contributed by atoms with Gasteiger partial charge in [-0.3, -0.25) is 0 Å². The summed E-state index contributed by atoms with van der Waals surface area (Å²) in [7, 11) is 0. The topological polar surface area (TPSA) is 109 Å². The summed E-state index contributed by atoms with van der Waals surface area (Å²) in [5.74, 6) is 2.42. The molecule has 0 aromatic carbocycles. The van der Waals surface area contributed by atoms with Crippen molar-refractivity contribution in [3.63, 3.8) is 0 Å². The first-order chi connectivity index (χ1) is 10.5. The number of halogens is 1. The van der Waals surface area contributed by atoms with Crippen LogP contribution in [0.1, 0.15) is 17.4 Å². The Hall–Kier alpha value is -1.51. The van der Waals surface area contributed by atoms with Crippen LogP contribution in [0.3, 0.4) is 0 Å². The Balaban J connectivity index is 2.12. The molecule has 3 heterocycles. The van der Waals surface area contributed by atoms with Crippen molar-refractivity contribution in [2.45, 2.75) is 25.7 Å². The van der Waals surface area contributed by atoms with Gasteiger partial charge in [0.25, 0.3) is 0 Å². The number of anilines is 1. The summed E-state index contributed by atoms with van der Waals surface area (Å²) in [5, 5.41) is 28.1. The third kappa shape index (κ3) is 2.22. The van der Waals surface area contributed by atoms with Crippen LogP contribution in [0, 0.1) is 18.3 Å². The maximum absolute atomic E-state index is 12.6. The molecule has 0 aliphatic carbocycles. The Labute approximate surface area is 133 Å². The van der Waals surface area contributed by atoms with Crippen LogP contribution in [0.15, 0.2) is 0 Å². The summed E-state index contributed by atoms with van der Waals surface area (Å²) in [6.07, 6.45) is 3.19. The molecule has 0 spiro atoms. The second kappa shape index (κ2) is 5.60. The van der Waals surface area contributed by atoms with Crippen molar-refractivity contribution >= 4 is 33.3 Å². The summed E-state index contributed by atoms with van der Waals surface area (Å²) < 4.78 is 0.963. The van der Waals surface area contributed by atoms with E-state index in [9.17, 15) is 19.8 Å². The summed E-state index contributed by atoms with van der Waals surface area (Å²) >= 11 is -2.77. The number of nitrogens with zero attached hydrogens (tertiary/aromatic N) is 4. The fraction of sp³-hybridized carbons (Fsp3) is 0.538. The zero-order valence-corrected chi connectivity index (χ0v) is 14.0. The van der Waals surface area contributed by atoms with E-state index < -0.39 is 32.0 Å². The number of amides is 1. The van der Waals surface area contributed by atoms with Crippen LogP contribution in [-0.2, 0) is 6.54 Å². The van der Waals surface area contributed by atoms with E-state index in [1.807, 2.05) is 0 Å². The Kier molecular flexibility index (Phi) is 3.92. The van der Waals surface area contributed by atoms with Crippen molar-refractivity contribution in [2.24, 2.45) is 5.92 Å². The first-order valence-electron chi connectivity index (χ1n) is 6.70. The minimum absolute atomic E-state index is 0.0868. The van der Waals surface area contributed by atoms with Crippen LogP contribution < -0.4 is 4.90 Å². The van der Waals surface area contributed by atoms with E-state index >= 15 is 0 Å². The third-order valence-corrected chi connectivity index (χ3v) is 8.38. The van der Waals surface area contributed by atoms with Crippen LogP contribution in [0.5, 0.6) is 0 Å². The standard InChI is InChI=1S/C13H15IN4O4/c1-3-4-14-11(21)9-12-17(13(14)22)6-8(19)10(20)7(2)5-18(12)16-15-9/h1,7-8,10,19-20H,4-6H2,2H3. The van der Waals surface area contributed by atoms with Gasteiger partial charge in [-0.05, 0) is 0 Å². The van der Waals surface area contributed by atoms with Gasteiger partial charge in [0.15, 0.2) is 0 Å². The molecule has 2 aliphatic heterocycles. The van der Waals surface area contributed by atoms with Gasteiger partial charge in [0.2, 0.25) is 0 Å². The maximum atomic E-state index is 12.6. The molecule has 1 aromatic heterocycles. The molecule has 118 valence electrons. The van der Waals surface area contributed by atoms with Crippen LogP contribution >= 0.6 is 19.8 Å². The van der Waals surface area contributed by atoms with Crippen LogP contribution in [0.2, 0.25) is 0 Å². The third-order valence-electron chi connectivity index (χ3n) is 3.78. The van der Waals surface area contributed by atoms with Crippen molar-refractivity contribution in [1.82, 2.24) is 15.0 Å². The zero-order valence-electron chi connectivity index (χ0n) is 11.8. The number of aromatic nitrogens is 3. The fourth-order valence-electron chi connectivity index (χ4n) is 2.62. The normalized spacial score (nSPS) is 29.6. The molecule has 0 radical (unpaired) electrons. The van der Waals surface area contributed by atoms with Gasteiger partial charge < -0.3 is 0 Å². The van der Waals surface area contributed by atoms with Gasteiger partial charge in [-0.15, -0.1) is 0 Å². The molecule has 9 heteroatoms. The first-order valence-corrected chi connectivity index (χ1v) is 10.4. The monoisotopic (exact) mass is 418 g/mol. The van der Waals surface area contributed by atoms with Gasteiger partial charge in [-0.1, -0.05) is 0 Å². The molecule has 1 aromatic rings. The van der Waals surface area contributed by atoms with Crippen LogP contribution in [-0.4, -0.2) is 56.1 Å². The van der Waals surface area contributed by atoms with Crippen LogP contribution in [0.25, 0.3) is 0 Å². The second-order valence-corrected chi connectivity index (χ2v) is 10.0. The molecule has 2 aliphatic rings. The molecule has 3 rings (SSSR count). The average Bonchev–Trinajstić information content (AvgIpc) is 2.89. The van der Waals surface area contributed by atoms with Crippen molar-refractivity contribution in [2.75, 3.05) is 15.9 Å². The van der Waals surface area contributed by atoms with Crippen molar-refractivity contribution in [3.05, 3.63) is 5.69 Å². The number of hydrogen-bond donors (Lipinski definition) is 2. The van der Waals surface area contributed by atoms with Crippen LogP contribution in [0.4, 0.5) is 10.6 Å². The molecule has 0 fully saturated rings. The van der Waals surface area contributed by atoms with E-state index in [0.717, 1.165) is 0 Å².